The molecule has 1 amide bonds. The minimum absolute atomic E-state index is 0.0136. The van der Waals surface area contributed by atoms with Crippen LogP contribution in [0.3, 0.4) is 0 Å². The number of amides is 1. The molecule has 0 aliphatic rings. The number of aliphatic hydroxyl groups is 2. The molecular formula is C59H117NO5. The molecule has 3 N–H and O–H groups in total. The highest BCUT2D eigenvalue weighted by Crippen LogP contribution is 2.18. The molecule has 0 aliphatic heterocycles. The highest BCUT2D eigenvalue weighted by atomic mass is 16.5. The summed E-state index contributed by atoms with van der Waals surface area (Å²) in [6.45, 7) is 4.97. The predicted octanol–water partition coefficient (Wildman–Crippen LogP) is 18.3. The van der Waals surface area contributed by atoms with Crippen LogP contribution in [0.2, 0.25) is 0 Å². The Bertz CT molecular complexity index is 928. The van der Waals surface area contributed by atoms with Crippen molar-refractivity contribution < 1.29 is 24.5 Å². The Morgan fingerprint density at radius 2 is 0.631 bits per heavy atom. The van der Waals surface area contributed by atoms with E-state index in [9.17, 15) is 19.8 Å². The molecule has 0 aromatic rings. The molecule has 0 heterocycles. The highest BCUT2D eigenvalue weighted by molar-refractivity contribution is 5.76. The number of ether oxygens (including phenoxy) is 1. The Balaban J connectivity index is 3.37. The number of aliphatic hydroxyl groups excluding tert-OH is 2. The lowest BCUT2D eigenvalue weighted by atomic mass is 10.0. The molecular weight excluding hydrogens is 803 g/mol. The van der Waals surface area contributed by atoms with Crippen LogP contribution in [-0.4, -0.2) is 47.4 Å². The molecule has 0 aliphatic carbocycles. The van der Waals surface area contributed by atoms with Crippen LogP contribution in [0.1, 0.15) is 341 Å². The standard InChI is InChI=1S/C59H117NO5/c1-3-5-7-9-11-13-15-17-25-28-31-35-39-43-47-51-57(62)56(55-61)60-58(63)52-48-44-40-36-32-29-26-23-21-19-18-20-22-24-27-30-34-38-42-46-50-54-65-59(64)53-49-45-41-37-33-16-14-12-10-8-6-4-2/h56-57,61-62H,3-55H2,1-2H3,(H,60,63). The summed E-state index contributed by atoms with van der Waals surface area (Å²) in [4.78, 5) is 24.5. The number of rotatable bonds is 56. The topological polar surface area (TPSA) is 95.9 Å². The molecule has 0 rings (SSSR count). The normalized spacial score (nSPS) is 12.5. The van der Waals surface area contributed by atoms with Gasteiger partial charge in [-0.1, -0.05) is 303 Å². The maximum absolute atomic E-state index is 12.5. The van der Waals surface area contributed by atoms with Gasteiger partial charge in [-0.2, -0.15) is 0 Å². The number of hydrogen-bond donors (Lipinski definition) is 3. The average molecular weight is 921 g/mol. The maximum Gasteiger partial charge on any atom is 0.305 e. The first-order valence-corrected chi connectivity index (χ1v) is 29.8. The van der Waals surface area contributed by atoms with E-state index in [1.54, 1.807) is 0 Å². The van der Waals surface area contributed by atoms with Gasteiger partial charge in [0.25, 0.3) is 0 Å². The second-order valence-electron chi connectivity index (χ2n) is 20.7. The molecule has 6 heteroatoms. The minimum Gasteiger partial charge on any atom is -0.466 e. The van der Waals surface area contributed by atoms with Crippen LogP contribution in [0.25, 0.3) is 0 Å². The van der Waals surface area contributed by atoms with Crippen molar-refractivity contribution in [2.75, 3.05) is 13.2 Å². The predicted molar refractivity (Wildman–Crippen MR) is 283 cm³/mol. The van der Waals surface area contributed by atoms with Crippen LogP contribution < -0.4 is 5.32 Å². The smallest absolute Gasteiger partial charge is 0.305 e. The third kappa shape index (κ3) is 52.1. The summed E-state index contributed by atoms with van der Waals surface area (Å²) in [6.07, 6.45) is 63.8. The summed E-state index contributed by atoms with van der Waals surface area (Å²) in [7, 11) is 0. The number of hydrogen-bond acceptors (Lipinski definition) is 5. The van der Waals surface area contributed by atoms with Crippen molar-refractivity contribution in [2.45, 2.75) is 353 Å². The van der Waals surface area contributed by atoms with E-state index < -0.39 is 12.1 Å². The molecule has 0 radical (unpaired) electrons. The summed E-state index contributed by atoms with van der Waals surface area (Å²) in [6, 6.07) is -0.540. The maximum atomic E-state index is 12.5. The van der Waals surface area contributed by atoms with E-state index in [1.165, 1.54) is 270 Å². The molecule has 2 unspecified atom stereocenters. The van der Waals surface area contributed by atoms with Gasteiger partial charge in [-0.3, -0.25) is 9.59 Å². The number of nitrogens with one attached hydrogen (secondary N) is 1. The Hall–Kier alpha value is -1.14. The number of carbonyl (C=O) groups excluding carboxylic acids is 2. The van der Waals surface area contributed by atoms with E-state index in [1.807, 2.05) is 0 Å². The Labute approximate surface area is 406 Å². The van der Waals surface area contributed by atoms with Gasteiger partial charge in [-0.25, -0.2) is 0 Å². The average Bonchev–Trinajstić information content (AvgIpc) is 3.31. The fourth-order valence-corrected chi connectivity index (χ4v) is 9.58. The molecule has 0 aromatic carbocycles. The van der Waals surface area contributed by atoms with Gasteiger partial charge in [0.05, 0.1) is 25.4 Å². The molecule has 6 nitrogen and oxygen atoms in total. The minimum atomic E-state index is -0.663. The first kappa shape index (κ1) is 63.9. The van der Waals surface area contributed by atoms with E-state index >= 15 is 0 Å². The van der Waals surface area contributed by atoms with E-state index in [-0.39, 0.29) is 18.5 Å². The molecule has 0 spiro atoms. The van der Waals surface area contributed by atoms with Crippen molar-refractivity contribution in [1.82, 2.24) is 5.32 Å². The van der Waals surface area contributed by atoms with Gasteiger partial charge in [0, 0.05) is 12.8 Å². The van der Waals surface area contributed by atoms with Crippen molar-refractivity contribution in [2.24, 2.45) is 0 Å². The molecule has 0 aromatic heterocycles. The van der Waals surface area contributed by atoms with Crippen LogP contribution in [-0.2, 0) is 14.3 Å². The van der Waals surface area contributed by atoms with Crippen molar-refractivity contribution in [1.29, 1.82) is 0 Å². The molecule has 0 saturated carbocycles. The lowest BCUT2D eigenvalue weighted by Crippen LogP contribution is -2.45. The van der Waals surface area contributed by atoms with Crippen molar-refractivity contribution in [3.05, 3.63) is 0 Å². The molecule has 388 valence electrons. The molecule has 2 atom stereocenters. The van der Waals surface area contributed by atoms with Crippen LogP contribution in [0.4, 0.5) is 0 Å². The summed E-state index contributed by atoms with van der Waals surface area (Å²) in [5.41, 5.74) is 0. The SMILES string of the molecule is CCCCCCCCCCCCCCCCCC(O)C(CO)NC(=O)CCCCCCCCCCCCCCCCCCCCCCCOC(=O)CCCCCCCCCCCCCC. The van der Waals surface area contributed by atoms with Gasteiger partial charge in [0.2, 0.25) is 5.91 Å². The Morgan fingerprint density at radius 1 is 0.369 bits per heavy atom. The summed E-state index contributed by atoms with van der Waals surface area (Å²) in [5, 5.41) is 23.3. The van der Waals surface area contributed by atoms with Crippen molar-refractivity contribution >= 4 is 11.9 Å². The zero-order chi connectivity index (χ0) is 47.2. The first-order chi connectivity index (χ1) is 32.0. The van der Waals surface area contributed by atoms with Gasteiger partial charge in [-0.15, -0.1) is 0 Å². The molecule has 65 heavy (non-hydrogen) atoms. The molecule has 0 bridgehead atoms. The second kappa shape index (κ2) is 55.5. The van der Waals surface area contributed by atoms with Crippen LogP contribution >= 0.6 is 0 Å². The van der Waals surface area contributed by atoms with Gasteiger partial charge >= 0.3 is 5.97 Å². The van der Waals surface area contributed by atoms with Crippen molar-refractivity contribution in [3.63, 3.8) is 0 Å². The third-order valence-electron chi connectivity index (χ3n) is 14.2. The Morgan fingerprint density at radius 3 is 0.938 bits per heavy atom. The summed E-state index contributed by atoms with van der Waals surface area (Å²) in [5.74, 6) is -0.0195. The van der Waals surface area contributed by atoms with E-state index in [0.29, 0.717) is 25.9 Å². The second-order valence-corrected chi connectivity index (χ2v) is 20.7. The Kier molecular flexibility index (Phi) is 54.5. The van der Waals surface area contributed by atoms with Crippen LogP contribution in [0, 0.1) is 0 Å². The van der Waals surface area contributed by atoms with Crippen LogP contribution in [0.5, 0.6) is 0 Å². The quantitative estimate of drug-likeness (QED) is 0.0417. The monoisotopic (exact) mass is 920 g/mol. The fourth-order valence-electron chi connectivity index (χ4n) is 9.58. The third-order valence-corrected chi connectivity index (χ3v) is 14.2. The van der Waals surface area contributed by atoms with E-state index in [4.69, 9.17) is 4.74 Å². The van der Waals surface area contributed by atoms with Gasteiger partial charge in [0.15, 0.2) is 0 Å². The van der Waals surface area contributed by atoms with Crippen LogP contribution in [0.15, 0.2) is 0 Å². The largest absolute Gasteiger partial charge is 0.466 e. The van der Waals surface area contributed by atoms with Gasteiger partial charge < -0.3 is 20.3 Å². The van der Waals surface area contributed by atoms with Gasteiger partial charge in [-0.05, 0) is 25.7 Å². The fraction of sp³-hybridized carbons (Fsp3) is 0.966. The zero-order valence-electron chi connectivity index (χ0n) is 44.3. The zero-order valence-corrected chi connectivity index (χ0v) is 44.3. The summed E-state index contributed by atoms with van der Waals surface area (Å²) < 4.78 is 5.47. The lowest BCUT2D eigenvalue weighted by Gasteiger charge is -2.22. The van der Waals surface area contributed by atoms with Gasteiger partial charge in [0.1, 0.15) is 0 Å². The molecule has 0 fully saturated rings. The van der Waals surface area contributed by atoms with E-state index in [2.05, 4.69) is 19.2 Å². The number of unbranched alkanes of at least 4 members (excludes halogenated alkanes) is 45. The first-order valence-electron chi connectivity index (χ1n) is 29.8. The van der Waals surface area contributed by atoms with E-state index in [0.717, 1.165) is 38.5 Å². The van der Waals surface area contributed by atoms with Crippen molar-refractivity contribution in [3.8, 4) is 0 Å². The molecule has 0 saturated heterocycles. The lowest BCUT2D eigenvalue weighted by molar-refractivity contribution is -0.143. The number of carbonyl (C=O) groups is 2. The highest BCUT2D eigenvalue weighted by Gasteiger charge is 2.20. The number of esters is 1. The summed E-state index contributed by atoms with van der Waals surface area (Å²) >= 11 is 0.